The van der Waals surface area contributed by atoms with Crippen LogP contribution >= 0.6 is 0 Å². The molecule has 0 aliphatic carbocycles. The van der Waals surface area contributed by atoms with Crippen molar-refractivity contribution in [3.05, 3.63) is 36.0 Å². The molecule has 156 valence electrons. The van der Waals surface area contributed by atoms with E-state index >= 15 is 0 Å². The SMILES string of the molecule is C[C@H]1C[C@@H](NCC(=O)N2CCC2)CN(c2ccc(C(F)(F)F)c3ncccc23)C1. The largest absolute Gasteiger partial charge is 0.418 e. The number of piperidine rings is 1. The molecule has 3 heterocycles. The van der Waals surface area contributed by atoms with E-state index in [2.05, 4.69) is 22.1 Å². The van der Waals surface area contributed by atoms with Crippen LogP contribution in [0.3, 0.4) is 0 Å². The number of carbonyl (C=O) groups is 1. The molecule has 1 N–H and O–H groups in total. The van der Waals surface area contributed by atoms with Crippen LogP contribution in [0.5, 0.6) is 0 Å². The first-order valence-corrected chi connectivity index (χ1v) is 10.0. The summed E-state index contributed by atoms with van der Waals surface area (Å²) in [6.45, 7) is 5.50. The molecule has 4 rings (SSSR count). The zero-order chi connectivity index (χ0) is 20.6. The second kappa shape index (κ2) is 7.82. The number of likely N-dealkylation sites (tertiary alicyclic amines) is 1. The number of alkyl halides is 3. The summed E-state index contributed by atoms with van der Waals surface area (Å²) in [7, 11) is 0. The molecule has 1 amide bonds. The second-order valence-electron chi connectivity index (χ2n) is 8.09. The molecule has 0 bridgehead atoms. The highest BCUT2D eigenvalue weighted by atomic mass is 19.4. The van der Waals surface area contributed by atoms with Gasteiger partial charge in [-0.15, -0.1) is 0 Å². The predicted octanol–water partition coefficient (Wildman–Crippen LogP) is 3.29. The highest BCUT2D eigenvalue weighted by Gasteiger charge is 2.35. The number of hydrogen-bond acceptors (Lipinski definition) is 4. The number of halogens is 3. The van der Waals surface area contributed by atoms with Gasteiger partial charge in [-0.1, -0.05) is 6.92 Å². The molecule has 2 saturated heterocycles. The summed E-state index contributed by atoms with van der Waals surface area (Å²) in [6, 6.07) is 6.15. The fraction of sp³-hybridized carbons (Fsp3) is 0.524. The molecular weight excluding hydrogens is 381 g/mol. The maximum absolute atomic E-state index is 13.4. The third-order valence-electron chi connectivity index (χ3n) is 5.80. The molecule has 1 aromatic carbocycles. The first-order chi connectivity index (χ1) is 13.8. The number of pyridine rings is 1. The fourth-order valence-electron chi connectivity index (χ4n) is 4.27. The average molecular weight is 406 g/mol. The van der Waals surface area contributed by atoms with Gasteiger partial charge in [-0.25, -0.2) is 0 Å². The van der Waals surface area contributed by atoms with Crippen LogP contribution in [0.2, 0.25) is 0 Å². The maximum Gasteiger partial charge on any atom is 0.418 e. The lowest BCUT2D eigenvalue weighted by Crippen LogP contribution is -2.53. The average Bonchev–Trinajstić information content (AvgIpc) is 2.63. The molecular formula is C21H25F3N4O. The minimum absolute atomic E-state index is 0.0202. The first kappa shape index (κ1) is 19.9. The van der Waals surface area contributed by atoms with E-state index in [9.17, 15) is 18.0 Å². The van der Waals surface area contributed by atoms with Gasteiger partial charge in [-0.3, -0.25) is 9.78 Å². The fourth-order valence-corrected chi connectivity index (χ4v) is 4.27. The molecule has 2 atom stereocenters. The van der Waals surface area contributed by atoms with E-state index in [1.54, 1.807) is 18.2 Å². The Morgan fingerprint density at radius 2 is 2.03 bits per heavy atom. The van der Waals surface area contributed by atoms with Crippen molar-refractivity contribution >= 4 is 22.5 Å². The van der Waals surface area contributed by atoms with E-state index in [1.165, 1.54) is 6.20 Å². The predicted molar refractivity (Wildman–Crippen MR) is 106 cm³/mol. The van der Waals surface area contributed by atoms with Crippen molar-refractivity contribution in [3.63, 3.8) is 0 Å². The smallest absolute Gasteiger partial charge is 0.369 e. The Kier molecular flexibility index (Phi) is 5.38. The second-order valence-corrected chi connectivity index (χ2v) is 8.09. The van der Waals surface area contributed by atoms with Gasteiger partial charge in [0.25, 0.3) is 0 Å². The van der Waals surface area contributed by atoms with E-state index in [-0.39, 0.29) is 17.5 Å². The number of nitrogens with zero attached hydrogens (tertiary/aromatic N) is 3. The topological polar surface area (TPSA) is 48.5 Å². The van der Waals surface area contributed by atoms with Crippen LogP contribution in [0, 0.1) is 5.92 Å². The zero-order valence-electron chi connectivity index (χ0n) is 16.4. The van der Waals surface area contributed by atoms with Crippen LogP contribution < -0.4 is 10.2 Å². The van der Waals surface area contributed by atoms with Gasteiger partial charge in [0.05, 0.1) is 17.6 Å². The van der Waals surface area contributed by atoms with Gasteiger partial charge in [0.2, 0.25) is 5.91 Å². The zero-order valence-corrected chi connectivity index (χ0v) is 16.4. The summed E-state index contributed by atoms with van der Waals surface area (Å²) >= 11 is 0. The van der Waals surface area contributed by atoms with Gasteiger partial charge in [-0.05, 0) is 43.0 Å². The molecule has 2 aliphatic rings. The lowest BCUT2D eigenvalue weighted by molar-refractivity contribution is -0.136. The molecule has 2 fully saturated rings. The molecule has 0 radical (unpaired) electrons. The number of anilines is 1. The van der Waals surface area contributed by atoms with Crippen LogP contribution in [0.4, 0.5) is 18.9 Å². The summed E-state index contributed by atoms with van der Waals surface area (Å²) in [5.74, 6) is 0.472. The Bertz CT molecular complexity index is 897. The Hall–Kier alpha value is -2.35. The van der Waals surface area contributed by atoms with Crippen LogP contribution in [-0.4, -0.2) is 54.6 Å². The van der Waals surface area contributed by atoms with Crippen LogP contribution in [-0.2, 0) is 11.0 Å². The summed E-state index contributed by atoms with van der Waals surface area (Å²) < 4.78 is 40.2. The molecule has 8 heteroatoms. The van der Waals surface area contributed by atoms with Crippen molar-refractivity contribution in [1.82, 2.24) is 15.2 Å². The maximum atomic E-state index is 13.4. The van der Waals surface area contributed by atoms with Gasteiger partial charge in [0.1, 0.15) is 0 Å². The van der Waals surface area contributed by atoms with Gasteiger partial charge in [0.15, 0.2) is 0 Å². The van der Waals surface area contributed by atoms with E-state index in [4.69, 9.17) is 0 Å². The Labute approximate surface area is 167 Å². The van der Waals surface area contributed by atoms with Crippen LogP contribution in [0.25, 0.3) is 10.9 Å². The van der Waals surface area contributed by atoms with Crippen LogP contribution in [0.1, 0.15) is 25.3 Å². The van der Waals surface area contributed by atoms with Crippen molar-refractivity contribution in [2.24, 2.45) is 5.92 Å². The minimum atomic E-state index is -4.44. The monoisotopic (exact) mass is 406 g/mol. The van der Waals surface area contributed by atoms with E-state index < -0.39 is 11.7 Å². The summed E-state index contributed by atoms with van der Waals surface area (Å²) in [5, 5.41) is 3.86. The highest BCUT2D eigenvalue weighted by Crippen LogP contribution is 2.38. The quantitative estimate of drug-likeness (QED) is 0.847. The number of carbonyl (C=O) groups excluding carboxylic acids is 1. The van der Waals surface area contributed by atoms with Gasteiger partial charge in [0, 0.05) is 49.5 Å². The van der Waals surface area contributed by atoms with Gasteiger partial charge >= 0.3 is 6.18 Å². The molecule has 0 spiro atoms. The van der Waals surface area contributed by atoms with E-state index in [0.29, 0.717) is 24.4 Å². The van der Waals surface area contributed by atoms with Gasteiger partial charge in [-0.2, -0.15) is 13.2 Å². The summed E-state index contributed by atoms with van der Waals surface area (Å²) in [4.78, 5) is 20.1. The molecule has 2 aliphatic heterocycles. The molecule has 0 saturated carbocycles. The Balaban J connectivity index is 1.55. The summed E-state index contributed by atoms with van der Waals surface area (Å²) in [5.41, 5.74) is 0.0263. The van der Waals surface area contributed by atoms with Crippen LogP contribution in [0.15, 0.2) is 30.5 Å². The number of fused-ring (bicyclic) bond motifs is 1. The third kappa shape index (κ3) is 4.17. The van der Waals surface area contributed by atoms with Crippen molar-refractivity contribution in [2.45, 2.75) is 32.0 Å². The Morgan fingerprint density at radius 3 is 2.72 bits per heavy atom. The normalized spacial score (nSPS) is 22.6. The van der Waals surface area contributed by atoms with Gasteiger partial charge < -0.3 is 15.1 Å². The number of rotatable bonds is 4. The molecule has 29 heavy (non-hydrogen) atoms. The minimum Gasteiger partial charge on any atom is -0.369 e. The van der Waals surface area contributed by atoms with E-state index in [1.807, 2.05) is 4.90 Å². The number of aromatic nitrogens is 1. The molecule has 2 aromatic rings. The van der Waals surface area contributed by atoms with Crippen molar-refractivity contribution in [2.75, 3.05) is 37.6 Å². The number of amides is 1. The molecule has 0 unspecified atom stereocenters. The molecule has 1 aromatic heterocycles. The summed E-state index contributed by atoms with van der Waals surface area (Å²) in [6.07, 6.45) is -1.05. The lowest BCUT2D eigenvalue weighted by Gasteiger charge is -2.39. The first-order valence-electron chi connectivity index (χ1n) is 10.0. The lowest BCUT2D eigenvalue weighted by atomic mass is 9.94. The van der Waals surface area contributed by atoms with E-state index in [0.717, 1.165) is 44.2 Å². The highest BCUT2D eigenvalue weighted by molar-refractivity contribution is 5.94. The Morgan fingerprint density at radius 1 is 1.24 bits per heavy atom. The molecule has 5 nitrogen and oxygen atoms in total. The third-order valence-corrected chi connectivity index (χ3v) is 5.80. The number of benzene rings is 1. The van der Waals surface area contributed by atoms with Crippen molar-refractivity contribution in [3.8, 4) is 0 Å². The van der Waals surface area contributed by atoms with Crippen molar-refractivity contribution < 1.29 is 18.0 Å². The number of nitrogens with one attached hydrogen (secondary N) is 1. The van der Waals surface area contributed by atoms with Crippen molar-refractivity contribution in [1.29, 1.82) is 0 Å². The number of hydrogen-bond donors (Lipinski definition) is 1. The standard InChI is InChI=1S/C21H25F3N4O/c1-14-10-15(26-11-19(29)27-8-3-9-27)13-28(12-14)18-6-5-17(21(22,23)24)20-16(18)4-2-7-25-20/h2,4-7,14-15,26H,3,8-13H2,1H3/t14-,15+/m0/s1.